The summed E-state index contributed by atoms with van der Waals surface area (Å²) in [6.07, 6.45) is 0. The second-order valence-electron chi connectivity index (χ2n) is 5.49. The molecule has 1 N–H and O–H groups in total. The van der Waals surface area contributed by atoms with Crippen molar-refractivity contribution in [2.24, 2.45) is 0 Å². The normalized spacial score (nSPS) is 18.5. The summed E-state index contributed by atoms with van der Waals surface area (Å²) >= 11 is 2.23. The quantitative estimate of drug-likeness (QED) is 0.718. The zero-order valence-electron chi connectivity index (χ0n) is 13.0. The number of ether oxygens (including phenoxy) is 2. The van der Waals surface area contributed by atoms with E-state index in [4.69, 9.17) is 9.47 Å². The number of hydrogen-bond acceptors (Lipinski definition) is 4. The van der Waals surface area contributed by atoms with Gasteiger partial charge in [0.15, 0.2) is 6.61 Å². The van der Waals surface area contributed by atoms with E-state index in [-0.39, 0.29) is 24.6 Å². The van der Waals surface area contributed by atoms with Gasteiger partial charge in [0, 0.05) is 28.7 Å². The minimum atomic E-state index is -0.0915. The van der Waals surface area contributed by atoms with Crippen LogP contribution in [0.5, 0.6) is 5.75 Å². The molecule has 2 unspecified atom stereocenters. The Morgan fingerprint density at radius 3 is 2.59 bits per heavy atom. The van der Waals surface area contributed by atoms with Crippen LogP contribution in [-0.2, 0) is 9.53 Å². The van der Waals surface area contributed by atoms with Crippen molar-refractivity contribution in [2.75, 3.05) is 32.9 Å². The van der Waals surface area contributed by atoms with Gasteiger partial charge in [-0.2, -0.15) is 0 Å². The van der Waals surface area contributed by atoms with E-state index >= 15 is 0 Å². The standard InChI is InChI=1S/C16H23IN2O3/c1-12(13(2)19-7-9-21-10-8-19)18-16(20)11-22-15-5-3-14(17)4-6-15/h3-6,12-13H,7-11H2,1-2H3,(H,18,20). The number of benzene rings is 1. The van der Waals surface area contributed by atoms with E-state index in [9.17, 15) is 4.79 Å². The molecule has 2 atom stereocenters. The third-order valence-corrected chi connectivity index (χ3v) is 4.64. The lowest BCUT2D eigenvalue weighted by molar-refractivity contribution is -0.124. The molecule has 1 aromatic carbocycles. The zero-order chi connectivity index (χ0) is 15.9. The Morgan fingerprint density at radius 1 is 1.32 bits per heavy atom. The fourth-order valence-corrected chi connectivity index (χ4v) is 2.76. The average molecular weight is 418 g/mol. The Bertz CT molecular complexity index is 475. The molecule has 122 valence electrons. The van der Waals surface area contributed by atoms with E-state index in [0.29, 0.717) is 5.75 Å². The smallest absolute Gasteiger partial charge is 0.258 e. The molecule has 2 rings (SSSR count). The highest BCUT2D eigenvalue weighted by Crippen LogP contribution is 2.13. The predicted octanol–water partition coefficient (Wildman–Crippen LogP) is 1.90. The summed E-state index contributed by atoms with van der Waals surface area (Å²) in [5.41, 5.74) is 0. The number of halogens is 1. The van der Waals surface area contributed by atoms with Crippen LogP contribution in [0.4, 0.5) is 0 Å². The molecule has 0 spiro atoms. The van der Waals surface area contributed by atoms with Crippen LogP contribution in [0.25, 0.3) is 0 Å². The zero-order valence-corrected chi connectivity index (χ0v) is 15.2. The molecule has 1 aromatic rings. The third kappa shape index (κ3) is 5.40. The highest BCUT2D eigenvalue weighted by Gasteiger charge is 2.23. The summed E-state index contributed by atoms with van der Waals surface area (Å²) in [7, 11) is 0. The molecule has 6 heteroatoms. The molecule has 22 heavy (non-hydrogen) atoms. The summed E-state index contributed by atoms with van der Waals surface area (Å²) in [5.74, 6) is 0.621. The van der Waals surface area contributed by atoms with Crippen molar-refractivity contribution in [1.29, 1.82) is 0 Å². The minimum Gasteiger partial charge on any atom is -0.484 e. The molecule has 1 saturated heterocycles. The van der Waals surface area contributed by atoms with Crippen molar-refractivity contribution in [3.05, 3.63) is 27.8 Å². The average Bonchev–Trinajstić information content (AvgIpc) is 2.54. The summed E-state index contributed by atoms with van der Waals surface area (Å²) in [6, 6.07) is 8.01. The van der Waals surface area contributed by atoms with E-state index < -0.39 is 0 Å². The second kappa shape index (κ2) is 8.69. The lowest BCUT2D eigenvalue weighted by atomic mass is 10.1. The van der Waals surface area contributed by atoms with Crippen LogP contribution in [0, 0.1) is 3.57 Å². The van der Waals surface area contributed by atoms with E-state index in [1.165, 1.54) is 0 Å². The van der Waals surface area contributed by atoms with Crippen LogP contribution in [-0.4, -0.2) is 55.8 Å². The molecule has 0 radical (unpaired) electrons. The summed E-state index contributed by atoms with van der Waals surface area (Å²) in [5, 5.41) is 3.01. The maximum Gasteiger partial charge on any atom is 0.258 e. The Balaban J connectivity index is 1.74. The first-order valence-electron chi connectivity index (χ1n) is 7.56. The van der Waals surface area contributed by atoms with Gasteiger partial charge in [-0.25, -0.2) is 0 Å². The Morgan fingerprint density at radius 2 is 1.95 bits per heavy atom. The molecule has 1 fully saturated rings. The minimum absolute atomic E-state index is 0.0424. The van der Waals surface area contributed by atoms with Gasteiger partial charge in [0.05, 0.1) is 13.2 Å². The van der Waals surface area contributed by atoms with Crippen molar-refractivity contribution in [3.8, 4) is 5.75 Å². The molecule has 0 bridgehead atoms. The second-order valence-corrected chi connectivity index (χ2v) is 6.73. The van der Waals surface area contributed by atoms with Crippen molar-refractivity contribution >= 4 is 28.5 Å². The maximum atomic E-state index is 12.0. The van der Waals surface area contributed by atoms with E-state index in [1.54, 1.807) is 0 Å². The fourth-order valence-electron chi connectivity index (χ4n) is 2.40. The first-order chi connectivity index (χ1) is 10.6. The predicted molar refractivity (Wildman–Crippen MR) is 94.1 cm³/mol. The number of nitrogens with zero attached hydrogens (tertiary/aromatic N) is 1. The fraction of sp³-hybridized carbons (Fsp3) is 0.562. The van der Waals surface area contributed by atoms with Gasteiger partial charge in [-0.1, -0.05) is 0 Å². The van der Waals surface area contributed by atoms with Gasteiger partial charge in [0.1, 0.15) is 5.75 Å². The number of carbonyl (C=O) groups is 1. The summed E-state index contributed by atoms with van der Waals surface area (Å²) in [6.45, 7) is 7.57. The summed E-state index contributed by atoms with van der Waals surface area (Å²) < 4.78 is 12.0. The number of hydrogen-bond donors (Lipinski definition) is 1. The van der Waals surface area contributed by atoms with Crippen molar-refractivity contribution in [3.63, 3.8) is 0 Å². The lowest BCUT2D eigenvalue weighted by Crippen LogP contribution is -2.52. The van der Waals surface area contributed by atoms with Crippen LogP contribution in [0.15, 0.2) is 24.3 Å². The van der Waals surface area contributed by atoms with Gasteiger partial charge in [-0.05, 0) is 60.7 Å². The highest BCUT2D eigenvalue weighted by atomic mass is 127. The monoisotopic (exact) mass is 418 g/mol. The van der Waals surface area contributed by atoms with Crippen LogP contribution in [0.1, 0.15) is 13.8 Å². The number of amides is 1. The molecular formula is C16H23IN2O3. The van der Waals surface area contributed by atoms with Gasteiger partial charge < -0.3 is 14.8 Å². The number of morpholine rings is 1. The van der Waals surface area contributed by atoms with Crippen LogP contribution in [0.3, 0.4) is 0 Å². The third-order valence-electron chi connectivity index (χ3n) is 3.92. The highest BCUT2D eigenvalue weighted by molar-refractivity contribution is 14.1. The Hall–Kier alpha value is -0.860. The van der Waals surface area contributed by atoms with Crippen LogP contribution in [0.2, 0.25) is 0 Å². The van der Waals surface area contributed by atoms with Gasteiger partial charge in [0.2, 0.25) is 0 Å². The van der Waals surface area contributed by atoms with Gasteiger partial charge in [0.25, 0.3) is 5.91 Å². The van der Waals surface area contributed by atoms with Gasteiger partial charge in [-0.3, -0.25) is 9.69 Å². The number of rotatable bonds is 6. The van der Waals surface area contributed by atoms with E-state index in [1.807, 2.05) is 31.2 Å². The Labute approximate surface area is 145 Å². The van der Waals surface area contributed by atoms with Crippen molar-refractivity contribution < 1.29 is 14.3 Å². The topological polar surface area (TPSA) is 50.8 Å². The van der Waals surface area contributed by atoms with E-state index in [0.717, 1.165) is 29.9 Å². The van der Waals surface area contributed by atoms with Crippen LogP contribution >= 0.6 is 22.6 Å². The number of carbonyl (C=O) groups excluding carboxylic acids is 1. The molecular weight excluding hydrogens is 395 g/mol. The van der Waals surface area contributed by atoms with Crippen molar-refractivity contribution in [2.45, 2.75) is 25.9 Å². The maximum absolute atomic E-state index is 12.0. The molecule has 1 heterocycles. The first kappa shape index (κ1) is 17.5. The van der Waals surface area contributed by atoms with Gasteiger partial charge in [-0.15, -0.1) is 0 Å². The largest absolute Gasteiger partial charge is 0.484 e. The van der Waals surface area contributed by atoms with E-state index in [2.05, 4.69) is 39.7 Å². The molecule has 5 nitrogen and oxygen atoms in total. The lowest BCUT2D eigenvalue weighted by Gasteiger charge is -2.35. The SMILES string of the molecule is CC(NC(=O)COc1ccc(I)cc1)C(C)N1CCOCC1. The molecule has 0 aromatic heterocycles. The summed E-state index contributed by atoms with van der Waals surface area (Å²) in [4.78, 5) is 14.3. The van der Waals surface area contributed by atoms with Gasteiger partial charge >= 0.3 is 0 Å². The van der Waals surface area contributed by atoms with Crippen LogP contribution < -0.4 is 10.1 Å². The molecule has 0 saturated carbocycles. The molecule has 1 aliphatic rings. The first-order valence-corrected chi connectivity index (χ1v) is 8.63. The molecule has 1 aliphatic heterocycles. The Kier molecular flexibility index (Phi) is 6.91. The molecule has 1 amide bonds. The molecule has 0 aliphatic carbocycles. The number of nitrogens with one attached hydrogen (secondary N) is 1. The van der Waals surface area contributed by atoms with Crippen molar-refractivity contribution in [1.82, 2.24) is 10.2 Å².